The smallest absolute Gasteiger partial charge is 0.401 e. The first-order valence-electron chi connectivity index (χ1n) is 7.60. The van der Waals surface area contributed by atoms with Crippen molar-refractivity contribution in [2.45, 2.75) is 32.9 Å². The summed E-state index contributed by atoms with van der Waals surface area (Å²) in [5.74, 6) is -1.21. The summed E-state index contributed by atoms with van der Waals surface area (Å²) in [6, 6.07) is 8.28. The van der Waals surface area contributed by atoms with Crippen molar-refractivity contribution in [3.8, 4) is 12.1 Å². The summed E-state index contributed by atoms with van der Waals surface area (Å²) in [7, 11) is 0. The minimum absolute atomic E-state index is 0.0595. The summed E-state index contributed by atoms with van der Waals surface area (Å²) in [5, 5.41) is 26.5. The van der Waals surface area contributed by atoms with Crippen molar-refractivity contribution in [3.05, 3.63) is 51.9 Å². The van der Waals surface area contributed by atoms with Gasteiger partial charge in [-0.15, -0.1) is 0 Å². The highest BCUT2D eigenvalue weighted by atomic mass is 19.4. The van der Waals surface area contributed by atoms with E-state index in [-0.39, 0.29) is 11.3 Å². The molecule has 1 aromatic carbocycles. The largest absolute Gasteiger partial charge is 0.413 e. The van der Waals surface area contributed by atoms with Gasteiger partial charge in [0.05, 0.1) is 34.7 Å². The number of nitrogens with two attached hydrogens (primary N) is 1. The van der Waals surface area contributed by atoms with Crippen molar-refractivity contribution in [2.24, 2.45) is 5.73 Å². The number of H-pyrrole nitrogens is 1. The molecule has 2 rings (SSSR count). The standard InChI is InChI=1S/C18H16F3N5/c1-9(18(19,20)21)14(7-22)17(15(8-23)10(2)24)12-4-5-16-13(6-12)11(3)25-26-16/h4-6,17H,24H2,1-3H3,(H,25,26)/b14-9+,15-10-/t17-/m1/s1. The first-order valence-corrected chi connectivity index (χ1v) is 7.60. The molecule has 0 aliphatic heterocycles. The number of nitriles is 2. The van der Waals surface area contributed by atoms with Crippen LogP contribution in [0, 0.1) is 29.6 Å². The van der Waals surface area contributed by atoms with Gasteiger partial charge in [0.1, 0.15) is 0 Å². The number of halogens is 3. The van der Waals surface area contributed by atoms with Gasteiger partial charge in [-0.3, -0.25) is 5.10 Å². The Morgan fingerprint density at radius 1 is 1.19 bits per heavy atom. The summed E-state index contributed by atoms with van der Waals surface area (Å²) in [6.45, 7) is 4.02. The summed E-state index contributed by atoms with van der Waals surface area (Å²) < 4.78 is 39.7. The molecule has 1 heterocycles. The molecule has 1 aromatic heterocycles. The van der Waals surface area contributed by atoms with Crippen LogP contribution in [0.3, 0.4) is 0 Å². The topological polar surface area (TPSA) is 102 Å². The maximum Gasteiger partial charge on any atom is 0.413 e. The van der Waals surface area contributed by atoms with Crippen LogP contribution in [0.15, 0.2) is 40.6 Å². The fourth-order valence-corrected chi connectivity index (χ4v) is 2.71. The molecule has 1 atom stereocenters. The van der Waals surface area contributed by atoms with Gasteiger partial charge in [0.25, 0.3) is 0 Å². The predicted octanol–water partition coefficient (Wildman–Crippen LogP) is 4.11. The number of nitrogens with one attached hydrogen (secondary N) is 1. The molecular formula is C18H16F3N5. The van der Waals surface area contributed by atoms with Gasteiger partial charge in [-0.05, 0) is 38.5 Å². The average Bonchev–Trinajstić information content (AvgIpc) is 2.94. The molecule has 26 heavy (non-hydrogen) atoms. The van der Waals surface area contributed by atoms with Gasteiger partial charge in [-0.2, -0.15) is 28.8 Å². The lowest BCUT2D eigenvalue weighted by Gasteiger charge is -2.20. The molecule has 0 radical (unpaired) electrons. The Morgan fingerprint density at radius 3 is 2.31 bits per heavy atom. The second kappa shape index (κ2) is 6.93. The van der Waals surface area contributed by atoms with E-state index in [2.05, 4.69) is 10.2 Å². The Morgan fingerprint density at radius 2 is 1.81 bits per heavy atom. The van der Waals surface area contributed by atoms with Gasteiger partial charge in [-0.25, -0.2) is 0 Å². The number of fused-ring (bicyclic) bond motifs is 1. The summed E-state index contributed by atoms with van der Waals surface area (Å²) in [6.07, 6.45) is -4.69. The van der Waals surface area contributed by atoms with E-state index in [0.29, 0.717) is 16.5 Å². The second-order valence-electron chi connectivity index (χ2n) is 5.91. The first kappa shape index (κ1) is 19.1. The number of alkyl halides is 3. The molecule has 3 N–H and O–H groups in total. The number of rotatable bonds is 3. The van der Waals surface area contributed by atoms with E-state index < -0.39 is 23.2 Å². The SMILES string of the molecule is C/C(=C(/C#N)[C@H](/C(C#N)=C(/C)N)c1ccc2n[nH]c(C)c2c1)C(F)(F)F. The third kappa shape index (κ3) is 3.40. The van der Waals surface area contributed by atoms with Crippen LogP contribution in [0.5, 0.6) is 0 Å². The van der Waals surface area contributed by atoms with Crippen LogP contribution in [0.4, 0.5) is 13.2 Å². The molecule has 0 aliphatic carbocycles. The molecule has 0 spiro atoms. The first-order chi connectivity index (χ1) is 12.1. The third-order valence-electron chi connectivity index (χ3n) is 4.17. The number of hydrogen-bond donors (Lipinski definition) is 2. The zero-order valence-corrected chi connectivity index (χ0v) is 14.4. The van der Waals surface area contributed by atoms with Crippen molar-refractivity contribution < 1.29 is 13.2 Å². The molecule has 0 bridgehead atoms. The third-order valence-corrected chi connectivity index (χ3v) is 4.17. The van der Waals surface area contributed by atoms with Crippen molar-refractivity contribution in [3.63, 3.8) is 0 Å². The van der Waals surface area contributed by atoms with Crippen molar-refractivity contribution in [1.29, 1.82) is 10.5 Å². The highest BCUT2D eigenvalue weighted by Gasteiger charge is 2.37. The number of benzene rings is 1. The van der Waals surface area contributed by atoms with Crippen LogP contribution in [-0.2, 0) is 0 Å². The number of nitrogens with zero attached hydrogens (tertiary/aromatic N) is 3. The fraction of sp³-hybridized carbons (Fsp3) is 0.278. The lowest BCUT2D eigenvalue weighted by molar-refractivity contribution is -0.0921. The normalized spacial score (nSPS) is 14.9. The van der Waals surface area contributed by atoms with Crippen LogP contribution in [-0.4, -0.2) is 16.4 Å². The van der Waals surface area contributed by atoms with E-state index >= 15 is 0 Å². The molecule has 134 valence electrons. The van der Waals surface area contributed by atoms with Crippen LogP contribution < -0.4 is 5.73 Å². The number of allylic oxidation sites excluding steroid dienone is 4. The minimum atomic E-state index is -4.69. The van der Waals surface area contributed by atoms with Crippen LogP contribution >= 0.6 is 0 Å². The van der Waals surface area contributed by atoms with E-state index in [1.54, 1.807) is 31.2 Å². The number of aryl methyl sites for hydroxylation is 1. The quantitative estimate of drug-likeness (QED) is 0.805. The molecule has 0 fully saturated rings. The average molecular weight is 359 g/mol. The van der Waals surface area contributed by atoms with Gasteiger partial charge in [0.15, 0.2) is 0 Å². The van der Waals surface area contributed by atoms with Crippen LogP contribution in [0.1, 0.15) is 31.0 Å². The van der Waals surface area contributed by atoms with Crippen LogP contribution in [0.2, 0.25) is 0 Å². The number of aromatic nitrogens is 2. The van der Waals surface area contributed by atoms with Crippen molar-refractivity contribution >= 4 is 10.9 Å². The predicted molar refractivity (Wildman–Crippen MR) is 90.4 cm³/mol. The highest BCUT2D eigenvalue weighted by molar-refractivity contribution is 5.82. The summed E-state index contributed by atoms with van der Waals surface area (Å²) in [5.41, 5.74) is 5.81. The molecule has 0 saturated heterocycles. The molecule has 0 amide bonds. The molecule has 8 heteroatoms. The molecule has 0 aliphatic rings. The number of aromatic amines is 1. The maximum absolute atomic E-state index is 13.2. The Balaban J connectivity index is 2.85. The van der Waals surface area contributed by atoms with E-state index in [1.165, 1.54) is 6.92 Å². The minimum Gasteiger partial charge on any atom is -0.401 e. The number of hydrogen-bond acceptors (Lipinski definition) is 4. The summed E-state index contributed by atoms with van der Waals surface area (Å²) in [4.78, 5) is 0. The Bertz CT molecular complexity index is 992. The van der Waals surface area contributed by atoms with Crippen molar-refractivity contribution in [1.82, 2.24) is 10.2 Å². The zero-order chi connectivity index (χ0) is 19.6. The Hall–Kier alpha value is -3.26. The second-order valence-corrected chi connectivity index (χ2v) is 5.91. The van der Waals surface area contributed by atoms with E-state index in [4.69, 9.17) is 5.73 Å². The summed E-state index contributed by atoms with van der Waals surface area (Å²) >= 11 is 0. The van der Waals surface area contributed by atoms with E-state index in [1.807, 2.05) is 6.07 Å². The molecule has 0 saturated carbocycles. The maximum atomic E-state index is 13.2. The van der Waals surface area contributed by atoms with Gasteiger partial charge in [0.2, 0.25) is 0 Å². The van der Waals surface area contributed by atoms with Gasteiger partial charge in [-0.1, -0.05) is 6.07 Å². The highest BCUT2D eigenvalue weighted by Crippen LogP contribution is 2.39. The fourth-order valence-electron chi connectivity index (χ4n) is 2.71. The molecular weight excluding hydrogens is 343 g/mol. The molecule has 2 aromatic rings. The Kier molecular flexibility index (Phi) is 5.08. The molecule has 5 nitrogen and oxygen atoms in total. The van der Waals surface area contributed by atoms with Crippen LogP contribution in [0.25, 0.3) is 10.9 Å². The molecule has 0 unspecified atom stereocenters. The lowest BCUT2D eigenvalue weighted by Crippen LogP contribution is -2.17. The van der Waals surface area contributed by atoms with Gasteiger partial charge in [0, 0.05) is 22.4 Å². The van der Waals surface area contributed by atoms with Gasteiger partial charge < -0.3 is 5.73 Å². The monoisotopic (exact) mass is 359 g/mol. The lowest BCUT2D eigenvalue weighted by atomic mass is 9.82. The zero-order valence-electron chi connectivity index (χ0n) is 14.4. The van der Waals surface area contributed by atoms with Crippen molar-refractivity contribution in [2.75, 3.05) is 0 Å². The van der Waals surface area contributed by atoms with E-state index in [9.17, 15) is 23.7 Å². The Labute approximate surface area is 148 Å². The van der Waals surface area contributed by atoms with E-state index in [0.717, 1.165) is 12.6 Å². The van der Waals surface area contributed by atoms with Gasteiger partial charge >= 0.3 is 6.18 Å².